The first-order valence-corrected chi connectivity index (χ1v) is 8.47. The van der Waals surface area contributed by atoms with Crippen LogP contribution in [0.4, 0.5) is 0 Å². The molecule has 0 aromatic carbocycles. The highest BCUT2D eigenvalue weighted by Gasteiger charge is 2.47. The van der Waals surface area contributed by atoms with E-state index in [0.29, 0.717) is 49.7 Å². The summed E-state index contributed by atoms with van der Waals surface area (Å²) in [6, 6.07) is 0. The maximum atomic E-state index is 11.4. The summed E-state index contributed by atoms with van der Waals surface area (Å²) in [5.41, 5.74) is 1.13. The van der Waals surface area contributed by atoms with Crippen molar-refractivity contribution in [3.8, 4) is 0 Å². The fourth-order valence-corrected chi connectivity index (χ4v) is 3.70. The van der Waals surface area contributed by atoms with Gasteiger partial charge in [-0.15, -0.1) is 0 Å². The van der Waals surface area contributed by atoms with Crippen molar-refractivity contribution >= 4 is 5.97 Å². The molecule has 0 saturated heterocycles. The molecule has 1 fully saturated rings. The Bertz CT molecular complexity index is 544. The number of fused-ring (bicyclic) bond motifs is 1. The minimum absolute atomic E-state index is 0.246. The number of hydrogen-bond donors (Lipinski definition) is 3. The normalized spacial score (nSPS) is 37.3. The second-order valence-corrected chi connectivity index (χ2v) is 7.13. The summed E-state index contributed by atoms with van der Waals surface area (Å²) in [5.74, 6) is -0.980. The fraction of sp³-hybridized carbons (Fsp3) is 0.632. The quantitative estimate of drug-likeness (QED) is 0.683. The third-order valence-corrected chi connectivity index (χ3v) is 5.33. The second kappa shape index (κ2) is 7.02. The van der Waals surface area contributed by atoms with Gasteiger partial charge in [0.25, 0.3) is 0 Å². The van der Waals surface area contributed by atoms with Gasteiger partial charge >= 0.3 is 5.97 Å². The molecule has 0 spiro atoms. The van der Waals surface area contributed by atoms with Crippen molar-refractivity contribution in [2.24, 2.45) is 11.8 Å². The minimum atomic E-state index is -1.08. The lowest BCUT2D eigenvalue weighted by atomic mass is 9.79. The number of allylic oxidation sites excluding steroid dienone is 2. The molecule has 23 heavy (non-hydrogen) atoms. The van der Waals surface area contributed by atoms with Crippen molar-refractivity contribution in [3.63, 3.8) is 0 Å². The Morgan fingerprint density at radius 1 is 1.35 bits per heavy atom. The van der Waals surface area contributed by atoms with Gasteiger partial charge in [-0.2, -0.15) is 0 Å². The molecule has 0 radical (unpaired) electrons. The van der Waals surface area contributed by atoms with E-state index in [-0.39, 0.29) is 11.8 Å². The van der Waals surface area contributed by atoms with Crippen LogP contribution < -0.4 is 0 Å². The zero-order valence-electron chi connectivity index (χ0n) is 14.1. The van der Waals surface area contributed by atoms with E-state index in [4.69, 9.17) is 0 Å². The molecule has 2 aliphatic carbocycles. The Kier molecular flexibility index (Phi) is 5.48. The molecule has 4 nitrogen and oxygen atoms in total. The van der Waals surface area contributed by atoms with Crippen LogP contribution in [0.15, 0.2) is 35.5 Å². The van der Waals surface area contributed by atoms with Crippen molar-refractivity contribution in [3.05, 3.63) is 35.5 Å². The smallest absolute Gasteiger partial charge is 0.331 e. The predicted molar refractivity (Wildman–Crippen MR) is 89.9 cm³/mol. The van der Waals surface area contributed by atoms with Crippen LogP contribution in [0.2, 0.25) is 0 Å². The molecule has 2 aliphatic rings. The van der Waals surface area contributed by atoms with Gasteiger partial charge in [0.2, 0.25) is 0 Å². The van der Waals surface area contributed by atoms with Gasteiger partial charge in [0, 0.05) is 11.5 Å². The summed E-state index contributed by atoms with van der Waals surface area (Å²) in [7, 11) is 0. The molecule has 128 valence electrons. The average molecular weight is 320 g/mol. The summed E-state index contributed by atoms with van der Waals surface area (Å²) in [6.45, 7) is 8.16. The second-order valence-electron chi connectivity index (χ2n) is 7.13. The van der Waals surface area contributed by atoms with Crippen molar-refractivity contribution in [2.45, 2.75) is 64.1 Å². The number of carbonyl (C=O) groups is 1. The van der Waals surface area contributed by atoms with Gasteiger partial charge in [-0.1, -0.05) is 38.2 Å². The number of carboxylic acid groups (broad SMARTS) is 1. The van der Waals surface area contributed by atoms with Crippen LogP contribution >= 0.6 is 0 Å². The Labute approximate surface area is 138 Å². The molecule has 0 heterocycles. The number of carboxylic acids is 1. The number of aliphatic hydroxyl groups excluding tert-OH is 1. The SMILES string of the molecule is C=C1CC/C=C(/C(=O)O)CC/C(C(C)C)=C/[C@H]2[C@@H](O)CC[C@]12O. The first kappa shape index (κ1) is 18.0. The maximum absolute atomic E-state index is 11.4. The molecule has 0 aliphatic heterocycles. The van der Waals surface area contributed by atoms with E-state index in [1.54, 1.807) is 6.08 Å². The standard InChI is InChI=1S/C19H28O4/c1-12(2)15-8-7-14(18(21)22)6-4-5-13(3)19(23)10-9-17(20)16(19)11-15/h6,11-12,16-17,20,23H,3-5,7-10H2,1-2H3,(H,21,22)/b14-6+,15-11-/t16-,17-,19-/m0/s1. The molecule has 3 N–H and O–H groups in total. The molecule has 4 heteroatoms. The summed E-state index contributed by atoms with van der Waals surface area (Å²) in [4.78, 5) is 11.4. The van der Waals surface area contributed by atoms with Crippen LogP contribution in [-0.2, 0) is 4.79 Å². The van der Waals surface area contributed by atoms with E-state index < -0.39 is 17.7 Å². The maximum Gasteiger partial charge on any atom is 0.331 e. The van der Waals surface area contributed by atoms with Crippen molar-refractivity contribution in [1.29, 1.82) is 0 Å². The minimum Gasteiger partial charge on any atom is -0.478 e. The van der Waals surface area contributed by atoms with Crippen LogP contribution in [0, 0.1) is 11.8 Å². The third kappa shape index (κ3) is 3.75. The van der Waals surface area contributed by atoms with E-state index in [2.05, 4.69) is 20.4 Å². The molecule has 0 amide bonds. The van der Waals surface area contributed by atoms with Gasteiger partial charge in [-0.05, 0) is 50.0 Å². The lowest BCUT2D eigenvalue weighted by Crippen LogP contribution is -2.38. The molecule has 0 aromatic heterocycles. The highest BCUT2D eigenvalue weighted by Crippen LogP contribution is 2.44. The summed E-state index contributed by atoms with van der Waals surface area (Å²) in [6.07, 6.45) is 6.46. The first-order chi connectivity index (χ1) is 10.8. The fourth-order valence-electron chi connectivity index (χ4n) is 3.70. The lowest BCUT2D eigenvalue weighted by molar-refractivity contribution is -0.132. The molecular weight excluding hydrogens is 292 g/mol. The van der Waals surface area contributed by atoms with Crippen LogP contribution in [0.25, 0.3) is 0 Å². The highest BCUT2D eigenvalue weighted by atomic mass is 16.4. The monoisotopic (exact) mass is 320 g/mol. The van der Waals surface area contributed by atoms with Crippen LogP contribution in [0.1, 0.15) is 52.4 Å². The Hall–Kier alpha value is -1.39. The zero-order chi connectivity index (χ0) is 17.2. The molecule has 3 atom stereocenters. The van der Waals surface area contributed by atoms with Crippen molar-refractivity contribution < 1.29 is 20.1 Å². The third-order valence-electron chi connectivity index (χ3n) is 5.33. The number of aliphatic hydroxyl groups is 2. The van der Waals surface area contributed by atoms with E-state index in [1.165, 1.54) is 0 Å². The number of hydrogen-bond acceptors (Lipinski definition) is 3. The highest BCUT2D eigenvalue weighted by molar-refractivity contribution is 5.86. The average Bonchev–Trinajstić information content (AvgIpc) is 2.75. The summed E-state index contributed by atoms with van der Waals surface area (Å²) < 4.78 is 0. The van der Waals surface area contributed by atoms with E-state index >= 15 is 0 Å². The van der Waals surface area contributed by atoms with E-state index in [1.807, 2.05) is 6.08 Å². The summed E-state index contributed by atoms with van der Waals surface area (Å²) in [5, 5.41) is 30.8. The molecular formula is C19H28O4. The molecule has 1 saturated carbocycles. The topological polar surface area (TPSA) is 77.8 Å². The van der Waals surface area contributed by atoms with E-state index in [0.717, 1.165) is 5.57 Å². The van der Waals surface area contributed by atoms with E-state index in [9.17, 15) is 20.1 Å². The van der Waals surface area contributed by atoms with Gasteiger partial charge in [0.15, 0.2) is 0 Å². The van der Waals surface area contributed by atoms with Crippen LogP contribution in [-0.4, -0.2) is 33.0 Å². The largest absolute Gasteiger partial charge is 0.478 e. The Morgan fingerprint density at radius 3 is 2.65 bits per heavy atom. The zero-order valence-corrected chi connectivity index (χ0v) is 14.1. The lowest BCUT2D eigenvalue weighted by Gasteiger charge is -2.32. The predicted octanol–water partition coefficient (Wildman–Crippen LogP) is 3.21. The van der Waals surface area contributed by atoms with Gasteiger partial charge in [0.1, 0.15) is 0 Å². The Balaban J connectivity index is 2.41. The number of aliphatic carboxylic acids is 1. The molecule has 0 aromatic rings. The van der Waals surface area contributed by atoms with Gasteiger partial charge in [0.05, 0.1) is 11.7 Å². The van der Waals surface area contributed by atoms with Crippen molar-refractivity contribution in [1.82, 2.24) is 0 Å². The number of rotatable bonds is 2. The molecule has 2 rings (SSSR count). The first-order valence-electron chi connectivity index (χ1n) is 8.47. The Morgan fingerprint density at radius 2 is 2.04 bits per heavy atom. The van der Waals surface area contributed by atoms with Gasteiger partial charge < -0.3 is 15.3 Å². The van der Waals surface area contributed by atoms with Gasteiger partial charge in [-0.3, -0.25) is 0 Å². The van der Waals surface area contributed by atoms with Crippen molar-refractivity contribution in [2.75, 3.05) is 0 Å². The van der Waals surface area contributed by atoms with Crippen LogP contribution in [0.5, 0.6) is 0 Å². The van der Waals surface area contributed by atoms with Crippen LogP contribution in [0.3, 0.4) is 0 Å². The van der Waals surface area contributed by atoms with Gasteiger partial charge in [-0.25, -0.2) is 4.79 Å². The molecule has 0 bridgehead atoms. The molecule has 0 unspecified atom stereocenters. The summed E-state index contributed by atoms with van der Waals surface area (Å²) >= 11 is 0.